The van der Waals surface area contributed by atoms with Crippen LogP contribution in [-0.2, 0) is 29.5 Å². The quantitative estimate of drug-likeness (QED) is 0.581. The van der Waals surface area contributed by atoms with Gasteiger partial charge in [-0.05, 0) is 42.7 Å². The number of aryl methyl sites for hydroxylation is 1. The molecule has 0 saturated heterocycles. The largest absolute Gasteiger partial charge is 0.459 e. The number of esters is 1. The highest BCUT2D eigenvalue weighted by molar-refractivity contribution is 5.74. The third kappa shape index (κ3) is 4.02. The smallest absolute Gasteiger partial charge is 0.348 e. The van der Waals surface area contributed by atoms with E-state index in [1.807, 2.05) is 23.1 Å². The SMILES string of the molecule is CCc1n(C)c2cc(F)ccc2[n+]1CC(=O)O[C@@H]1C[C@H](C)CC[C@H]1C(C)C. The molecule has 0 bridgehead atoms. The maximum atomic E-state index is 13.7. The summed E-state index contributed by atoms with van der Waals surface area (Å²) in [5, 5.41) is 0. The molecule has 148 valence electrons. The molecule has 1 aliphatic rings. The number of carbonyl (C=O) groups is 1. The fourth-order valence-corrected chi connectivity index (χ4v) is 4.64. The van der Waals surface area contributed by atoms with E-state index in [0.29, 0.717) is 17.8 Å². The number of nitrogens with zero attached hydrogens (tertiary/aromatic N) is 2. The summed E-state index contributed by atoms with van der Waals surface area (Å²) in [7, 11) is 1.92. The first-order chi connectivity index (χ1) is 12.8. The van der Waals surface area contributed by atoms with E-state index in [4.69, 9.17) is 4.74 Å². The third-order valence-electron chi connectivity index (χ3n) is 6.14. The van der Waals surface area contributed by atoms with Gasteiger partial charge < -0.3 is 4.74 Å². The Kier molecular flexibility index (Phi) is 5.87. The Balaban J connectivity index is 1.83. The molecule has 27 heavy (non-hydrogen) atoms. The maximum Gasteiger partial charge on any atom is 0.348 e. The van der Waals surface area contributed by atoms with Crippen molar-refractivity contribution in [2.45, 2.75) is 66.0 Å². The van der Waals surface area contributed by atoms with E-state index in [1.165, 1.54) is 18.6 Å². The van der Waals surface area contributed by atoms with Crippen LogP contribution in [0, 0.1) is 23.6 Å². The number of carbonyl (C=O) groups excluding carboxylic acids is 1. The summed E-state index contributed by atoms with van der Waals surface area (Å²) in [5.74, 6) is 2.06. The fourth-order valence-electron chi connectivity index (χ4n) is 4.64. The highest BCUT2D eigenvalue weighted by atomic mass is 19.1. The maximum absolute atomic E-state index is 13.7. The second-order valence-electron chi connectivity index (χ2n) is 8.40. The molecule has 3 atom stereocenters. The van der Waals surface area contributed by atoms with Crippen molar-refractivity contribution in [2.75, 3.05) is 0 Å². The highest BCUT2D eigenvalue weighted by Gasteiger charge is 2.34. The molecule has 0 N–H and O–H groups in total. The van der Waals surface area contributed by atoms with Gasteiger partial charge in [-0.3, -0.25) is 0 Å². The summed E-state index contributed by atoms with van der Waals surface area (Å²) in [5.41, 5.74) is 1.66. The van der Waals surface area contributed by atoms with Crippen molar-refractivity contribution in [3.63, 3.8) is 0 Å². The molecule has 0 radical (unpaired) electrons. The van der Waals surface area contributed by atoms with E-state index in [2.05, 4.69) is 20.8 Å². The van der Waals surface area contributed by atoms with E-state index < -0.39 is 0 Å². The number of ether oxygens (including phenoxy) is 1. The lowest BCUT2D eigenvalue weighted by atomic mass is 9.75. The Morgan fingerprint density at radius 1 is 1.37 bits per heavy atom. The molecule has 1 aliphatic carbocycles. The second kappa shape index (κ2) is 7.99. The molecule has 1 saturated carbocycles. The lowest BCUT2D eigenvalue weighted by Crippen LogP contribution is -2.44. The third-order valence-corrected chi connectivity index (χ3v) is 6.14. The van der Waals surface area contributed by atoms with Crippen LogP contribution in [0.5, 0.6) is 0 Å². The standard InChI is InChI=1S/C22H32FN2O2/c1-6-21-24(5)19-12-16(23)8-10-18(19)25(21)13-22(26)27-20-11-15(4)7-9-17(20)14(2)3/h8,10,12,14-15,17,20H,6-7,9,11,13H2,1-5H3/q+1/t15-,17+,20-/m1/s1. The van der Waals surface area contributed by atoms with Gasteiger partial charge in [0.25, 0.3) is 5.82 Å². The minimum atomic E-state index is -0.267. The number of halogens is 1. The minimum absolute atomic E-state index is 0.000604. The van der Waals surface area contributed by atoms with E-state index in [0.717, 1.165) is 36.1 Å². The summed E-state index contributed by atoms with van der Waals surface area (Å²) in [6, 6.07) is 4.71. The molecule has 0 amide bonds. The van der Waals surface area contributed by atoms with E-state index >= 15 is 0 Å². The van der Waals surface area contributed by atoms with Crippen molar-refractivity contribution in [1.82, 2.24) is 4.57 Å². The van der Waals surface area contributed by atoms with Gasteiger partial charge in [0, 0.05) is 12.5 Å². The summed E-state index contributed by atoms with van der Waals surface area (Å²) >= 11 is 0. The molecule has 4 nitrogen and oxygen atoms in total. The number of fused-ring (bicyclic) bond motifs is 1. The van der Waals surface area contributed by atoms with Crippen molar-refractivity contribution < 1.29 is 18.5 Å². The van der Waals surface area contributed by atoms with Crippen LogP contribution in [0.4, 0.5) is 4.39 Å². The van der Waals surface area contributed by atoms with Gasteiger partial charge in [-0.2, -0.15) is 0 Å². The minimum Gasteiger partial charge on any atom is -0.459 e. The Morgan fingerprint density at radius 2 is 2.11 bits per heavy atom. The van der Waals surface area contributed by atoms with Crippen LogP contribution in [0.3, 0.4) is 0 Å². The lowest BCUT2D eigenvalue weighted by Gasteiger charge is -2.36. The lowest BCUT2D eigenvalue weighted by molar-refractivity contribution is -0.668. The van der Waals surface area contributed by atoms with E-state index in [1.54, 1.807) is 6.07 Å². The summed E-state index contributed by atoms with van der Waals surface area (Å²) in [6.07, 6.45) is 4.04. The zero-order valence-corrected chi connectivity index (χ0v) is 17.2. The van der Waals surface area contributed by atoms with E-state index in [9.17, 15) is 9.18 Å². The van der Waals surface area contributed by atoms with Gasteiger partial charge in [-0.1, -0.05) is 34.1 Å². The predicted molar refractivity (Wildman–Crippen MR) is 104 cm³/mol. The average molecular weight is 376 g/mol. The van der Waals surface area contributed by atoms with Crippen LogP contribution in [0.1, 0.15) is 52.8 Å². The Labute approximate surface area is 161 Å². The molecule has 1 aromatic carbocycles. The van der Waals surface area contributed by atoms with Gasteiger partial charge in [0.15, 0.2) is 17.6 Å². The highest BCUT2D eigenvalue weighted by Crippen LogP contribution is 2.35. The van der Waals surface area contributed by atoms with Crippen LogP contribution in [0.2, 0.25) is 0 Å². The van der Waals surface area contributed by atoms with Crippen molar-refractivity contribution in [2.24, 2.45) is 24.8 Å². The zero-order valence-electron chi connectivity index (χ0n) is 17.2. The van der Waals surface area contributed by atoms with E-state index in [-0.39, 0.29) is 24.4 Å². The van der Waals surface area contributed by atoms with Gasteiger partial charge in [-0.15, -0.1) is 0 Å². The first-order valence-electron chi connectivity index (χ1n) is 10.2. The zero-order chi connectivity index (χ0) is 19.7. The fraction of sp³-hybridized carbons (Fsp3) is 0.636. The van der Waals surface area contributed by atoms with Crippen molar-refractivity contribution in [1.29, 1.82) is 0 Å². The van der Waals surface area contributed by atoms with Crippen LogP contribution < -0.4 is 4.57 Å². The molecule has 1 heterocycles. The first kappa shape index (κ1) is 19.8. The Morgan fingerprint density at radius 3 is 2.78 bits per heavy atom. The molecule has 2 aromatic rings. The number of imidazole rings is 1. The van der Waals surface area contributed by atoms with Gasteiger partial charge in [0.2, 0.25) is 0 Å². The molecule has 1 aromatic heterocycles. The molecular weight excluding hydrogens is 343 g/mol. The predicted octanol–water partition coefficient (Wildman–Crippen LogP) is 4.17. The van der Waals surface area contributed by atoms with Gasteiger partial charge in [-0.25, -0.2) is 18.3 Å². The van der Waals surface area contributed by atoms with Gasteiger partial charge in [0.1, 0.15) is 11.9 Å². The number of rotatable bonds is 5. The Bertz CT molecular complexity index is 827. The molecule has 1 fully saturated rings. The summed E-state index contributed by atoms with van der Waals surface area (Å²) < 4.78 is 23.6. The number of hydrogen-bond acceptors (Lipinski definition) is 2. The van der Waals surface area contributed by atoms with Crippen molar-refractivity contribution in [3.05, 3.63) is 29.8 Å². The van der Waals surface area contributed by atoms with Crippen LogP contribution in [0.25, 0.3) is 11.0 Å². The van der Waals surface area contributed by atoms with Crippen LogP contribution in [-0.4, -0.2) is 16.6 Å². The number of hydrogen-bond donors (Lipinski definition) is 0. The van der Waals surface area contributed by atoms with Gasteiger partial charge >= 0.3 is 5.97 Å². The Hall–Kier alpha value is -1.91. The molecule has 0 spiro atoms. The average Bonchev–Trinajstić information content (AvgIpc) is 2.85. The topological polar surface area (TPSA) is 35.1 Å². The summed E-state index contributed by atoms with van der Waals surface area (Å²) in [6.45, 7) is 8.88. The molecular formula is C22H32FN2O2+. The monoisotopic (exact) mass is 375 g/mol. The first-order valence-corrected chi connectivity index (χ1v) is 10.2. The van der Waals surface area contributed by atoms with Crippen LogP contribution >= 0.6 is 0 Å². The number of aromatic nitrogens is 2. The second-order valence-corrected chi connectivity index (χ2v) is 8.40. The summed E-state index contributed by atoms with van der Waals surface area (Å²) in [4.78, 5) is 12.8. The number of benzene rings is 1. The van der Waals surface area contributed by atoms with Crippen molar-refractivity contribution in [3.8, 4) is 0 Å². The normalized spacial score (nSPS) is 23.1. The molecule has 0 unspecified atom stereocenters. The van der Waals surface area contributed by atoms with Crippen molar-refractivity contribution >= 4 is 17.0 Å². The molecule has 3 rings (SSSR count). The van der Waals surface area contributed by atoms with Crippen LogP contribution in [0.15, 0.2) is 18.2 Å². The van der Waals surface area contributed by atoms with Gasteiger partial charge in [0.05, 0.1) is 7.05 Å². The molecule has 0 aliphatic heterocycles. The molecule has 5 heteroatoms.